The maximum absolute atomic E-state index is 5.60. The minimum Gasteiger partial charge on any atom is -0.424 e. The first kappa shape index (κ1) is 16.7. The topological polar surface area (TPSA) is 84.3 Å². The second-order valence-corrected chi connectivity index (χ2v) is 7.36. The Balaban J connectivity index is 1.36. The van der Waals surface area contributed by atoms with E-state index in [1.54, 1.807) is 0 Å². The van der Waals surface area contributed by atoms with Crippen molar-refractivity contribution in [1.29, 1.82) is 0 Å². The number of piperidine rings is 1. The van der Waals surface area contributed by atoms with Gasteiger partial charge in [-0.05, 0) is 46.2 Å². The second kappa shape index (κ2) is 6.84. The Hall–Kier alpha value is -1.80. The molecule has 2 fully saturated rings. The number of aromatic nitrogens is 4. The third kappa shape index (κ3) is 3.74. The van der Waals surface area contributed by atoms with Gasteiger partial charge in [-0.1, -0.05) is 5.16 Å². The summed E-state index contributed by atoms with van der Waals surface area (Å²) in [5.74, 6) is 3.44. The first-order valence-corrected chi connectivity index (χ1v) is 9.17. The standard InChI is InChI=1S/C17H26N6O2/c1-11(16-20-19-12(2)24-16)22(3)14-5-4-8-23(9-14)10-15-18-17(25-21-15)13-6-7-13/h11,13-14H,4-10H2,1-3H3/t11-,14+/m0/s1. The van der Waals surface area contributed by atoms with Crippen LogP contribution in [-0.4, -0.2) is 56.3 Å². The minimum atomic E-state index is 0.109. The summed E-state index contributed by atoms with van der Waals surface area (Å²) >= 11 is 0. The van der Waals surface area contributed by atoms with Crippen molar-refractivity contribution in [2.24, 2.45) is 0 Å². The molecule has 136 valence electrons. The summed E-state index contributed by atoms with van der Waals surface area (Å²) in [6.07, 6.45) is 4.71. The number of hydrogen-bond acceptors (Lipinski definition) is 8. The van der Waals surface area contributed by atoms with Crippen molar-refractivity contribution in [3.05, 3.63) is 23.5 Å². The fourth-order valence-corrected chi connectivity index (χ4v) is 3.51. The molecule has 4 rings (SSSR count). The van der Waals surface area contributed by atoms with Gasteiger partial charge in [0, 0.05) is 25.4 Å². The summed E-state index contributed by atoms with van der Waals surface area (Å²) in [5, 5.41) is 12.3. The predicted molar refractivity (Wildman–Crippen MR) is 89.8 cm³/mol. The van der Waals surface area contributed by atoms with Crippen molar-refractivity contribution in [3.8, 4) is 0 Å². The van der Waals surface area contributed by atoms with Gasteiger partial charge in [-0.2, -0.15) is 4.98 Å². The van der Waals surface area contributed by atoms with E-state index in [1.165, 1.54) is 19.3 Å². The molecule has 1 aliphatic carbocycles. The Morgan fingerprint density at radius 1 is 1.28 bits per heavy atom. The molecular formula is C17H26N6O2. The molecular weight excluding hydrogens is 320 g/mol. The zero-order chi connectivity index (χ0) is 17.4. The fraction of sp³-hybridized carbons (Fsp3) is 0.765. The molecule has 2 aromatic heterocycles. The number of hydrogen-bond donors (Lipinski definition) is 0. The number of likely N-dealkylation sites (tertiary alicyclic amines) is 1. The lowest BCUT2D eigenvalue weighted by Crippen LogP contribution is -2.47. The average molecular weight is 346 g/mol. The average Bonchev–Trinajstić information content (AvgIpc) is 3.22. The molecule has 0 unspecified atom stereocenters. The van der Waals surface area contributed by atoms with Gasteiger partial charge in [-0.25, -0.2) is 0 Å². The Bertz CT molecular complexity index is 710. The van der Waals surface area contributed by atoms with Crippen LogP contribution < -0.4 is 0 Å². The van der Waals surface area contributed by atoms with Crippen LogP contribution in [0.1, 0.15) is 68.1 Å². The van der Waals surface area contributed by atoms with Crippen LogP contribution in [0.25, 0.3) is 0 Å². The van der Waals surface area contributed by atoms with Gasteiger partial charge in [0.1, 0.15) is 0 Å². The Morgan fingerprint density at radius 3 is 2.84 bits per heavy atom. The summed E-state index contributed by atoms with van der Waals surface area (Å²) < 4.78 is 11.0. The largest absolute Gasteiger partial charge is 0.424 e. The molecule has 3 heterocycles. The van der Waals surface area contributed by atoms with Crippen LogP contribution in [0.2, 0.25) is 0 Å². The third-order valence-electron chi connectivity index (χ3n) is 5.34. The highest BCUT2D eigenvalue weighted by atomic mass is 16.5. The quantitative estimate of drug-likeness (QED) is 0.788. The van der Waals surface area contributed by atoms with Crippen molar-refractivity contribution in [1.82, 2.24) is 30.1 Å². The summed E-state index contributed by atoms with van der Waals surface area (Å²) in [6, 6.07) is 0.559. The molecule has 0 N–H and O–H groups in total. The molecule has 8 heteroatoms. The molecule has 2 aromatic rings. The molecule has 1 aliphatic heterocycles. The highest BCUT2D eigenvalue weighted by Gasteiger charge is 2.31. The first-order valence-electron chi connectivity index (χ1n) is 9.17. The van der Waals surface area contributed by atoms with Crippen LogP contribution in [0.3, 0.4) is 0 Å². The van der Waals surface area contributed by atoms with Gasteiger partial charge in [0.25, 0.3) is 0 Å². The van der Waals surface area contributed by atoms with Crippen molar-refractivity contribution in [3.63, 3.8) is 0 Å². The van der Waals surface area contributed by atoms with Gasteiger partial charge in [-0.15, -0.1) is 10.2 Å². The number of nitrogens with zero attached hydrogens (tertiary/aromatic N) is 6. The third-order valence-corrected chi connectivity index (χ3v) is 5.34. The maximum atomic E-state index is 5.60. The molecule has 0 spiro atoms. The van der Waals surface area contributed by atoms with E-state index in [9.17, 15) is 0 Å². The van der Waals surface area contributed by atoms with Crippen LogP contribution >= 0.6 is 0 Å². The molecule has 0 bridgehead atoms. The van der Waals surface area contributed by atoms with Gasteiger partial charge in [0.2, 0.25) is 17.7 Å². The maximum Gasteiger partial charge on any atom is 0.233 e. The fourth-order valence-electron chi connectivity index (χ4n) is 3.51. The molecule has 1 saturated carbocycles. The SMILES string of the molecule is Cc1nnc([C@H](C)N(C)[C@@H]2CCCN(Cc3noc(C4CC4)n3)C2)o1. The zero-order valence-electron chi connectivity index (χ0n) is 15.2. The van der Waals surface area contributed by atoms with Gasteiger partial charge in [0.15, 0.2) is 5.82 Å². The Kier molecular flexibility index (Phi) is 4.56. The lowest BCUT2D eigenvalue weighted by Gasteiger charge is -2.38. The summed E-state index contributed by atoms with van der Waals surface area (Å²) in [6.45, 7) is 6.76. The Labute approximate surface area is 147 Å². The van der Waals surface area contributed by atoms with Crippen molar-refractivity contribution in [2.75, 3.05) is 20.1 Å². The van der Waals surface area contributed by atoms with Crippen molar-refractivity contribution < 1.29 is 8.94 Å². The number of likely N-dealkylation sites (N-methyl/N-ethyl adjacent to an activating group) is 1. The van der Waals surface area contributed by atoms with E-state index in [1.807, 2.05) is 6.92 Å². The monoisotopic (exact) mass is 346 g/mol. The molecule has 0 radical (unpaired) electrons. The zero-order valence-corrected chi connectivity index (χ0v) is 15.2. The molecule has 0 aromatic carbocycles. The molecule has 8 nitrogen and oxygen atoms in total. The van der Waals surface area contributed by atoms with Crippen LogP contribution in [0.5, 0.6) is 0 Å². The lowest BCUT2D eigenvalue weighted by atomic mass is 10.0. The van der Waals surface area contributed by atoms with Crippen LogP contribution in [0, 0.1) is 6.92 Å². The Morgan fingerprint density at radius 2 is 2.12 bits per heavy atom. The highest BCUT2D eigenvalue weighted by Crippen LogP contribution is 2.38. The van der Waals surface area contributed by atoms with E-state index in [4.69, 9.17) is 8.94 Å². The lowest BCUT2D eigenvalue weighted by molar-refractivity contribution is 0.0764. The molecule has 0 amide bonds. The highest BCUT2D eigenvalue weighted by molar-refractivity contribution is 5.02. The summed E-state index contributed by atoms with van der Waals surface area (Å²) in [4.78, 5) is 9.31. The summed E-state index contributed by atoms with van der Waals surface area (Å²) in [5.41, 5.74) is 0. The molecule has 25 heavy (non-hydrogen) atoms. The van der Waals surface area contributed by atoms with Crippen molar-refractivity contribution in [2.45, 2.75) is 64.1 Å². The van der Waals surface area contributed by atoms with E-state index >= 15 is 0 Å². The number of aryl methyl sites for hydroxylation is 1. The van der Waals surface area contributed by atoms with E-state index < -0.39 is 0 Å². The number of rotatable bonds is 6. The van der Waals surface area contributed by atoms with E-state index in [0.717, 1.165) is 37.8 Å². The minimum absolute atomic E-state index is 0.109. The smallest absolute Gasteiger partial charge is 0.233 e. The second-order valence-electron chi connectivity index (χ2n) is 7.36. The van der Waals surface area contributed by atoms with Gasteiger partial charge in [0.05, 0.1) is 12.6 Å². The van der Waals surface area contributed by atoms with Gasteiger partial charge in [-0.3, -0.25) is 9.80 Å². The van der Waals surface area contributed by atoms with Crippen LogP contribution in [-0.2, 0) is 6.54 Å². The van der Waals surface area contributed by atoms with Crippen LogP contribution in [0.15, 0.2) is 8.94 Å². The van der Waals surface area contributed by atoms with E-state index in [-0.39, 0.29) is 6.04 Å². The normalized spacial score (nSPS) is 23.3. The van der Waals surface area contributed by atoms with E-state index in [0.29, 0.717) is 23.7 Å². The predicted octanol–water partition coefficient (Wildman–Crippen LogP) is 2.30. The van der Waals surface area contributed by atoms with Crippen molar-refractivity contribution >= 4 is 0 Å². The first-order chi connectivity index (χ1) is 12.1. The molecule has 2 aliphatic rings. The van der Waals surface area contributed by atoms with E-state index in [2.05, 4.69) is 44.1 Å². The summed E-state index contributed by atoms with van der Waals surface area (Å²) in [7, 11) is 2.14. The van der Waals surface area contributed by atoms with Gasteiger partial charge < -0.3 is 8.94 Å². The van der Waals surface area contributed by atoms with Gasteiger partial charge >= 0.3 is 0 Å². The molecule has 1 saturated heterocycles. The molecule has 2 atom stereocenters. The van der Waals surface area contributed by atoms with Crippen LogP contribution in [0.4, 0.5) is 0 Å².